The first-order valence-corrected chi connectivity index (χ1v) is 9.05. The monoisotopic (exact) mass is 386 g/mol. The molecule has 9 nitrogen and oxygen atoms in total. The van der Waals surface area contributed by atoms with Crippen LogP contribution in [0.3, 0.4) is 0 Å². The van der Waals surface area contributed by atoms with Crippen molar-refractivity contribution < 1.29 is 14.3 Å². The highest BCUT2D eigenvalue weighted by Gasteiger charge is 2.32. The number of anilines is 2. The zero-order valence-corrected chi connectivity index (χ0v) is 15.5. The van der Waals surface area contributed by atoms with Crippen molar-refractivity contribution in [3.63, 3.8) is 0 Å². The van der Waals surface area contributed by atoms with E-state index in [0.717, 1.165) is 23.3 Å². The van der Waals surface area contributed by atoms with E-state index in [-0.39, 0.29) is 30.5 Å². The number of H-pyrrole nitrogens is 1. The second-order valence-electron chi connectivity index (χ2n) is 6.58. The highest BCUT2D eigenvalue weighted by Crippen LogP contribution is 2.30. The minimum absolute atomic E-state index is 0.122. The van der Waals surface area contributed by atoms with Crippen molar-refractivity contribution in [1.82, 2.24) is 9.55 Å². The van der Waals surface area contributed by atoms with Crippen molar-refractivity contribution >= 4 is 23.4 Å². The lowest BCUT2D eigenvalue weighted by Gasteiger charge is -2.23. The van der Waals surface area contributed by atoms with Crippen LogP contribution < -0.4 is 21.9 Å². The van der Waals surface area contributed by atoms with Gasteiger partial charge in [-0.1, -0.05) is 30.3 Å². The summed E-state index contributed by atoms with van der Waals surface area (Å²) in [7, 11) is 0. The van der Waals surface area contributed by atoms with Gasteiger partial charge in [0.25, 0.3) is 11.5 Å². The quantitative estimate of drug-likeness (QED) is 0.666. The number of esters is 1. The van der Waals surface area contributed by atoms with Crippen molar-refractivity contribution in [3.8, 4) is 0 Å². The first-order chi connectivity index (χ1) is 13.4. The van der Waals surface area contributed by atoms with Crippen LogP contribution in [0.25, 0.3) is 0 Å². The van der Waals surface area contributed by atoms with Gasteiger partial charge in [0.1, 0.15) is 5.82 Å². The molecule has 28 heavy (non-hydrogen) atoms. The van der Waals surface area contributed by atoms with Crippen LogP contribution in [0.4, 0.5) is 11.5 Å². The second kappa shape index (κ2) is 8.12. The van der Waals surface area contributed by atoms with Crippen LogP contribution in [0.2, 0.25) is 0 Å². The van der Waals surface area contributed by atoms with E-state index in [2.05, 4.69) is 4.98 Å². The Kier molecular flexibility index (Phi) is 5.62. The Labute approximate surface area is 160 Å². The Balaban J connectivity index is 1.89. The first kappa shape index (κ1) is 19.4. The van der Waals surface area contributed by atoms with Crippen LogP contribution in [0.1, 0.15) is 25.3 Å². The van der Waals surface area contributed by atoms with Crippen LogP contribution >= 0.6 is 0 Å². The lowest BCUT2D eigenvalue weighted by Crippen LogP contribution is -2.42. The number of benzene rings is 1. The molecule has 3 rings (SSSR count). The number of nitrogen functional groups attached to an aromatic ring is 1. The lowest BCUT2D eigenvalue weighted by atomic mass is 10.2. The molecular formula is C19H22N4O5. The van der Waals surface area contributed by atoms with Gasteiger partial charge in [-0.3, -0.25) is 23.9 Å². The predicted octanol–water partition coefficient (Wildman–Crippen LogP) is 0.473. The molecule has 1 aromatic carbocycles. The van der Waals surface area contributed by atoms with Crippen molar-refractivity contribution in [2.45, 2.75) is 26.3 Å². The van der Waals surface area contributed by atoms with Crippen molar-refractivity contribution in [2.75, 3.05) is 23.8 Å². The van der Waals surface area contributed by atoms with E-state index in [1.807, 2.05) is 30.3 Å². The van der Waals surface area contributed by atoms with Crippen molar-refractivity contribution in [3.05, 3.63) is 56.7 Å². The molecule has 1 aromatic heterocycles. The highest BCUT2D eigenvalue weighted by molar-refractivity contribution is 5.97. The molecule has 0 unspecified atom stereocenters. The third kappa shape index (κ3) is 4.13. The average molecular weight is 386 g/mol. The SMILES string of the molecule is CCN(C(=O)COC(=O)C1CC1)c1c(N)n(Cc2ccccc2)c(=O)[nH]c1=O. The summed E-state index contributed by atoms with van der Waals surface area (Å²) in [6, 6.07) is 9.11. The molecule has 0 atom stereocenters. The van der Waals surface area contributed by atoms with Crippen molar-refractivity contribution in [2.24, 2.45) is 5.92 Å². The van der Waals surface area contributed by atoms with Gasteiger partial charge in [-0.25, -0.2) is 4.79 Å². The molecule has 0 aliphatic heterocycles. The number of aromatic amines is 1. The predicted molar refractivity (Wildman–Crippen MR) is 103 cm³/mol. The van der Waals surface area contributed by atoms with Crippen molar-refractivity contribution in [1.29, 1.82) is 0 Å². The number of rotatable bonds is 7. The number of likely N-dealkylation sites (N-methyl/N-ethyl adjacent to an activating group) is 1. The number of aromatic nitrogens is 2. The van der Waals surface area contributed by atoms with Crippen LogP contribution in [0, 0.1) is 5.92 Å². The number of hydrogen-bond acceptors (Lipinski definition) is 6. The number of ether oxygens (including phenoxy) is 1. The Hall–Kier alpha value is -3.36. The lowest BCUT2D eigenvalue weighted by molar-refractivity contribution is -0.149. The number of amides is 1. The molecule has 0 saturated heterocycles. The van der Waals surface area contributed by atoms with E-state index < -0.39 is 29.7 Å². The van der Waals surface area contributed by atoms with E-state index in [1.54, 1.807) is 6.92 Å². The van der Waals surface area contributed by atoms with Gasteiger partial charge < -0.3 is 15.4 Å². The minimum atomic E-state index is -0.768. The molecule has 1 aliphatic carbocycles. The topological polar surface area (TPSA) is 127 Å². The molecule has 0 bridgehead atoms. The fourth-order valence-electron chi connectivity index (χ4n) is 2.87. The number of nitrogens with two attached hydrogens (primary N) is 1. The van der Waals surface area contributed by atoms with Gasteiger partial charge in [0.15, 0.2) is 12.3 Å². The summed E-state index contributed by atoms with van der Waals surface area (Å²) in [6.45, 7) is 1.43. The Bertz CT molecular complexity index is 992. The largest absolute Gasteiger partial charge is 0.455 e. The summed E-state index contributed by atoms with van der Waals surface area (Å²) in [6.07, 6.45) is 1.53. The molecule has 1 amide bonds. The molecule has 1 fully saturated rings. The summed E-state index contributed by atoms with van der Waals surface area (Å²) in [5.74, 6) is -1.26. The zero-order valence-electron chi connectivity index (χ0n) is 15.5. The molecule has 148 valence electrons. The standard InChI is InChI=1S/C19H22N4O5/c1-2-22(14(24)11-28-18(26)13-8-9-13)15-16(20)23(19(27)21-17(15)25)10-12-6-4-3-5-7-12/h3-7,13H,2,8-11,20H2,1H3,(H,21,25,27). The van der Waals surface area contributed by atoms with Gasteiger partial charge in [0, 0.05) is 6.54 Å². The van der Waals surface area contributed by atoms with Gasteiger partial charge in [-0.15, -0.1) is 0 Å². The van der Waals surface area contributed by atoms with E-state index >= 15 is 0 Å². The Morgan fingerprint density at radius 3 is 2.54 bits per heavy atom. The van der Waals surface area contributed by atoms with E-state index in [0.29, 0.717) is 0 Å². The first-order valence-electron chi connectivity index (χ1n) is 9.05. The summed E-state index contributed by atoms with van der Waals surface area (Å²) >= 11 is 0. The third-order valence-electron chi connectivity index (χ3n) is 4.53. The number of nitrogens with zero attached hydrogens (tertiary/aromatic N) is 2. The van der Waals surface area contributed by atoms with E-state index in [1.165, 1.54) is 4.57 Å². The van der Waals surface area contributed by atoms with Gasteiger partial charge in [0.05, 0.1) is 12.5 Å². The van der Waals surface area contributed by atoms with Gasteiger partial charge >= 0.3 is 11.7 Å². The Morgan fingerprint density at radius 2 is 1.93 bits per heavy atom. The van der Waals surface area contributed by atoms with Gasteiger partial charge in [0.2, 0.25) is 0 Å². The van der Waals surface area contributed by atoms with Crippen LogP contribution in [-0.4, -0.2) is 34.6 Å². The smallest absolute Gasteiger partial charge is 0.330 e. The number of carbonyl (C=O) groups is 2. The fraction of sp³-hybridized carbons (Fsp3) is 0.368. The summed E-state index contributed by atoms with van der Waals surface area (Å²) in [5, 5.41) is 0. The molecule has 9 heteroatoms. The molecule has 1 aliphatic rings. The van der Waals surface area contributed by atoms with E-state index in [4.69, 9.17) is 10.5 Å². The zero-order chi connectivity index (χ0) is 20.3. The maximum atomic E-state index is 12.5. The normalized spacial score (nSPS) is 13.2. The van der Waals surface area contributed by atoms with Gasteiger partial charge in [-0.05, 0) is 25.3 Å². The van der Waals surface area contributed by atoms with Crippen LogP contribution in [0.15, 0.2) is 39.9 Å². The molecule has 0 spiro atoms. The van der Waals surface area contributed by atoms with E-state index in [9.17, 15) is 19.2 Å². The molecule has 2 aromatic rings. The molecule has 1 heterocycles. The molecular weight excluding hydrogens is 364 g/mol. The highest BCUT2D eigenvalue weighted by atomic mass is 16.5. The third-order valence-corrected chi connectivity index (χ3v) is 4.53. The average Bonchev–Trinajstić information content (AvgIpc) is 3.52. The summed E-state index contributed by atoms with van der Waals surface area (Å²) < 4.78 is 6.20. The number of nitrogens with one attached hydrogen (secondary N) is 1. The second-order valence-corrected chi connectivity index (χ2v) is 6.58. The number of hydrogen-bond donors (Lipinski definition) is 2. The van der Waals surface area contributed by atoms with Crippen LogP contribution in [0.5, 0.6) is 0 Å². The molecule has 1 saturated carbocycles. The van der Waals surface area contributed by atoms with Crippen LogP contribution in [-0.2, 0) is 20.9 Å². The minimum Gasteiger partial charge on any atom is -0.455 e. The number of carbonyl (C=O) groups excluding carboxylic acids is 2. The molecule has 0 radical (unpaired) electrons. The fourth-order valence-corrected chi connectivity index (χ4v) is 2.87. The summed E-state index contributed by atoms with van der Waals surface area (Å²) in [5.41, 5.74) is 5.34. The molecule has 3 N–H and O–H groups in total. The maximum absolute atomic E-state index is 12.5. The Morgan fingerprint density at radius 1 is 1.25 bits per heavy atom. The maximum Gasteiger partial charge on any atom is 0.330 e. The van der Waals surface area contributed by atoms with Gasteiger partial charge in [-0.2, -0.15) is 0 Å². The summed E-state index contributed by atoms with van der Waals surface area (Å²) in [4.78, 5) is 52.1.